The quantitative estimate of drug-likeness (QED) is 0.178. The zero-order valence-corrected chi connectivity index (χ0v) is 24.9. The van der Waals surface area contributed by atoms with Crippen LogP contribution >= 0.6 is 0 Å². The van der Waals surface area contributed by atoms with E-state index in [9.17, 15) is 26.4 Å². The molecule has 1 N–H and O–H groups in total. The van der Waals surface area contributed by atoms with Crippen molar-refractivity contribution in [2.24, 2.45) is 0 Å². The monoisotopic (exact) mass is 623 g/mol. The summed E-state index contributed by atoms with van der Waals surface area (Å²) in [5.74, 6) is -0.481. The number of para-hydroxylation sites is 1. The molecule has 230 valence electrons. The van der Waals surface area contributed by atoms with Crippen molar-refractivity contribution in [2.45, 2.75) is 24.0 Å². The number of hydrogen-bond donors (Lipinski definition) is 1. The lowest BCUT2D eigenvalue weighted by atomic mass is 10.1. The Labute approximate surface area is 253 Å². The highest BCUT2D eigenvalue weighted by atomic mass is 32.2. The van der Waals surface area contributed by atoms with Gasteiger partial charge in [0.05, 0.1) is 23.6 Å². The average Bonchev–Trinajstić information content (AvgIpc) is 3.43. The molecule has 44 heavy (non-hydrogen) atoms. The van der Waals surface area contributed by atoms with Crippen LogP contribution in [0, 0.1) is 0 Å². The number of rotatable bonds is 12. The number of nitrogens with one attached hydrogen (secondary N) is 1. The molecule has 11 heteroatoms. The van der Waals surface area contributed by atoms with Crippen LogP contribution in [0.5, 0.6) is 0 Å². The first-order valence-corrected chi connectivity index (χ1v) is 15.5. The fourth-order valence-electron chi connectivity index (χ4n) is 5.11. The van der Waals surface area contributed by atoms with E-state index in [0.717, 1.165) is 43.7 Å². The molecule has 0 aliphatic carbocycles. The van der Waals surface area contributed by atoms with Crippen LogP contribution in [0.25, 0.3) is 21.7 Å². The highest BCUT2D eigenvalue weighted by Gasteiger charge is 2.31. The molecule has 1 aromatic heterocycles. The van der Waals surface area contributed by atoms with E-state index < -0.39 is 34.2 Å². The Balaban J connectivity index is 1.42. The Morgan fingerprint density at radius 1 is 0.886 bits per heavy atom. The zero-order valence-electron chi connectivity index (χ0n) is 24.0. The number of alkyl halides is 3. The van der Waals surface area contributed by atoms with Crippen molar-refractivity contribution in [1.82, 2.24) is 14.2 Å². The van der Waals surface area contributed by atoms with E-state index in [1.54, 1.807) is 12.1 Å². The minimum absolute atomic E-state index is 0.00741. The average molecular weight is 624 g/mol. The number of fused-ring (bicyclic) bond motifs is 2. The van der Waals surface area contributed by atoms with Crippen molar-refractivity contribution in [3.8, 4) is 0 Å². The van der Waals surface area contributed by atoms with Crippen molar-refractivity contribution in [3.05, 3.63) is 114 Å². The Hall–Kier alpha value is -4.19. The number of nitrogens with zero attached hydrogens (tertiary/aromatic N) is 2. The first-order chi connectivity index (χ1) is 21.1. The highest BCUT2D eigenvalue weighted by molar-refractivity contribution is 7.89. The third kappa shape index (κ3) is 7.12. The number of carbonyl (C=O) groups is 1. The number of aromatic nitrogens is 1. The normalized spacial score (nSPS) is 12.3. The number of ether oxygens (including phenoxy) is 1. The number of benzene rings is 4. The number of amides is 1. The van der Waals surface area contributed by atoms with Crippen molar-refractivity contribution < 1.29 is 31.1 Å². The largest absolute Gasteiger partial charge is 0.416 e. The molecule has 1 heterocycles. The smallest absolute Gasteiger partial charge is 0.383 e. The number of carbonyl (C=O) groups excluding carboxylic acids is 1. The first kappa shape index (κ1) is 31.2. The molecule has 0 radical (unpaired) electrons. The summed E-state index contributed by atoms with van der Waals surface area (Å²) in [6.45, 7) is -0.237. The Morgan fingerprint density at radius 3 is 2.32 bits per heavy atom. The summed E-state index contributed by atoms with van der Waals surface area (Å²) in [6.07, 6.45) is -2.17. The molecule has 0 fully saturated rings. The minimum atomic E-state index is -4.48. The van der Waals surface area contributed by atoms with Crippen molar-refractivity contribution in [1.29, 1.82) is 0 Å². The second-order valence-electron chi connectivity index (χ2n) is 10.5. The van der Waals surface area contributed by atoms with Gasteiger partial charge in [0.1, 0.15) is 0 Å². The molecule has 0 unspecified atom stereocenters. The van der Waals surface area contributed by atoms with Crippen LogP contribution in [0.15, 0.2) is 102 Å². The molecule has 0 saturated heterocycles. The molecule has 0 bridgehead atoms. The van der Waals surface area contributed by atoms with Crippen molar-refractivity contribution >= 4 is 37.6 Å². The van der Waals surface area contributed by atoms with Gasteiger partial charge in [-0.05, 0) is 58.7 Å². The summed E-state index contributed by atoms with van der Waals surface area (Å²) in [7, 11) is -2.65. The van der Waals surface area contributed by atoms with Gasteiger partial charge in [-0.2, -0.15) is 17.5 Å². The molecule has 1 amide bonds. The number of methoxy groups -OCH3 is 1. The molecule has 0 aliphatic heterocycles. The van der Waals surface area contributed by atoms with Gasteiger partial charge in [-0.15, -0.1) is 0 Å². The van der Waals surface area contributed by atoms with E-state index in [4.69, 9.17) is 4.74 Å². The lowest BCUT2D eigenvalue weighted by molar-refractivity contribution is -0.137. The van der Waals surface area contributed by atoms with Crippen LogP contribution in [0.2, 0.25) is 0 Å². The number of H-pyrrole nitrogens is 1. The van der Waals surface area contributed by atoms with Gasteiger partial charge in [-0.25, -0.2) is 8.42 Å². The van der Waals surface area contributed by atoms with Crippen LogP contribution in [-0.4, -0.2) is 61.9 Å². The van der Waals surface area contributed by atoms with Crippen LogP contribution in [0.1, 0.15) is 16.7 Å². The Bertz CT molecular complexity index is 1850. The summed E-state index contributed by atoms with van der Waals surface area (Å²) >= 11 is 0. The van der Waals surface area contributed by atoms with Gasteiger partial charge in [0.15, 0.2) is 0 Å². The van der Waals surface area contributed by atoms with E-state index in [0.29, 0.717) is 12.0 Å². The molecule has 5 rings (SSSR count). The molecule has 5 aromatic rings. The fraction of sp³-hybridized carbons (Fsp3) is 0.242. The molecular weight excluding hydrogens is 591 g/mol. The number of sulfonamides is 1. The summed E-state index contributed by atoms with van der Waals surface area (Å²) in [4.78, 5) is 18.6. The first-order valence-electron chi connectivity index (χ1n) is 14.0. The van der Waals surface area contributed by atoms with Crippen LogP contribution in [0.3, 0.4) is 0 Å². The molecular formula is C33H32F3N3O4S. The maximum Gasteiger partial charge on any atom is 0.416 e. The summed E-state index contributed by atoms with van der Waals surface area (Å²) in [6, 6.07) is 24.5. The van der Waals surface area contributed by atoms with Crippen LogP contribution in [-0.2, 0) is 38.7 Å². The van der Waals surface area contributed by atoms with Gasteiger partial charge < -0.3 is 14.6 Å². The lowest BCUT2D eigenvalue weighted by Gasteiger charge is -2.27. The Morgan fingerprint density at radius 2 is 1.59 bits per heavy atom. The molecule has 0 spiro atoms. The van der Waals surface area contributed by atoms with Crippen LogP contribution < -0.4 is 0 Å². The molecule has 0 saturated carbocycles. The number of aromatic amines is 1. The molecule has 0 atom stereocenters. The van der Waals surface area contributed by atoms with Gasteiger partial charge in [-0.1, -0.05) is 60.7 Å². The minimum Gasteiger partial charge on any atom is -0.383 e. The highest BCUT2D eigenvalue weighted by Crippen LogP contribution is 2.29. The van der Waals surface area contributed by atoms with Gasteiger partial charge in [0.25, 0.3) is 0 Å². The second kappa shape index (κ2) is 13.2. The van der Waals surface area contributed by atoms with E-state index in [1.807, 2.05) is 54.7 Å². The molecule has 0 aliphatic rings. The maximum atomic E-state index is 13.9. The summed E-state index contributed by atoms with van der Waals surface area (Å²) in [5.41, 5.74) is 1.61. The van der Waals surface area contributed by atoms with Gasteiger partial charge in [0.2, 0.25) is 15.9 Å². The third-order valence-electron chi connectivity index (χ3n) is 7.55. The lowest BCUT2D eigenvalue weighted by Crippen LogP contribution is -2.44. The summed E-state index contributed by atoms with van der Waals surface area (Å²) in [5, 5.41) is 2.62. The molecule has 7 nitrogen and oxygen atoms in total. The standard InChI is InChI=1S/C33H32F3N3O4S/c1-43-19-18-39(44(41,42)29-15-12-25-6-2-3-7-26(25)20-29)23-32(40)38(22-24-10-13-28(14-11-24)33(34,35)36)17-16-27-21-37-31-9-5-4-8-30(27)31/h2-15,20-21,37H,16-19,22-23H2,1H3. The number of halogens is 3. The maximum absolute atomic E-state index is 13.9. The van der Waals surface area contributed by atoms with Crippen LogP contribution in [0.4, 0.5) is 13.2 Å². The molecule has 4 aromatic carbocycles. The van der Waals surface area contributed by atoms with E-state index in [-0.39, 0.29) is 31.1 Å². The van der Waals surface area contributed by atoms with Crippen molar-refractivity contribution in [3.63, 3.8) is 0 Å². The predicted molar refractivity (Wildman–Crippen MR) is 163 cm³/mol. The van der Waals surface area contributed by atoms with E-state index >= 15 is 0 Å². The third-order valence-corrected chi connectivity index (χ3v) is 9.39. The van der Waals surface area contributed by atoms with Gasteiger partial charge in [0, 0.05) is 43.8 Å². The Kier molecular flexibility index (Phi) is 9.38. The fourth-order valence-corrected chi connectivity index (χ4v) is 6.52. The van der Waals surface area contributed by atoms with E-state index in [1.165, 1.54) is 30.2 Å². The zero-order chi connectivity index (χ0) is 31.3. The predicted octanol–water partition coefficient (Wildman–Crippen LogP) is 6.25. The topological polar surface area (TPSA) is 82.7 Å². The summed E-state index contributed by atoms with van der Waals surface area (Å²) < 4.78 is 73.3. The van der Waals surface area contributed by atoms with Gasteiger partial charge >= 0.3 is 6.18 Å². The second-order valence-corrected chi connectivity index (χ2v) is 12.4. The number of hydrogen-bond acceptors (Lipinski definition) is 4. The van der Waals surface area contributed by atoms with Gasteiger partial charge in [-0.3, -0.25) is 4.79 Å². The van der Waals surface area contributed by atoms with E-state index in [2.05, 4.69) is 4.98 Å². The SMILES string of the molecule is COCCN(CC(=O)N(CCc1c[nH]c2ccccc12)Cc1ccc(C(F)(F)F)cc1)S(=O)(=O)c1ccc2ccccc2c1. The van der Waals surface area contributed by atoms with Crippen molar-refractivity contribution in [2.75, 3.05) is 33.4 Å².